The first kappa shape index (κ1) is 29.1. The third kappa shape index (κ3) is 6.89. The lowest BCUT2D eigenvalue weighted by atomic mass is 9.93. The second-order valence-corrected chi connectivity index (χ2v) is 9.20. The summed E-state index contributed by atoms with van der Waals surface area (Å²) >= 11 is 0. The number of nitrogens with zero attached hydrogens (tertiary/aromatic N) is 3. The van der Waals surface area contributed by atoms with Crippen molar-refractivity contribution in [3.63, 3.8) is 0 Å². The first-order valence-electron chi connectivity index (χ1n) is 13.3. The molecule has 11 heteroatoms. The number of likely N-dealkylation sites (N-methyl/N-ethyl adjacent to an activating group) is 1. The summed E-state index contributed by atoms with van der Waals surface area (Å²) in [7, 11) is 3.10. The lowest BCUT2D eigenvalue weighted by Crippen LogP contribution is -2.51. The number of benzene rings is 1. The Morgan fingerprint density at radius 1 is 1.03 bits per heavy atom. The Morgan fingerprint density at radius 2 is 1.74 bits per heavy atom. The summed E-state index contributed by atoms with van der Waals surface area (Å²) in [5.41, 5.74) is 1.64. The van der Waals surface area contributed by atoms with E-state index in [0.717, 1.165) is 19.4 Å². The van der Waals surface area contributed by atoms with E-state index in [2.05, 4.69) is 15.5 Å². The zero-order valence-corrected chi connectivity index (χ0v) is 23.2. The van der Waals surface area contributed by atoms with Crippen LogP contribution in [-0.4, -0.2) is 99.4 Å². The van der Waals surface area contributed by atoms with Gasteiger partial charge >= 0.3 is 18.0 Å². The van der Waals surface area contributed by atoms with Crippen LogP contribution >= 0.6 is 0 Å². The maximum Gasteiger partial charge on any atom is 0.338 e. The summed E-state index contributed by atoms with van der Waals surface area (Å²) in [5.74, 6) is 0.610. The molecule has 2 aliphatic rings. The fourth-order valence-electron chi connectivity index (χ4n) is 4.79. The lowest BCUT2D eigenvalue weighted by molar-refractivity contribution is -0.139. The van der Waals surface area contributed by atoms with Crippen molar-refractivity contribution in [2.75, 3.05) is 66.6 Å². The van der Waals surface area contributed by atoms with Gasteiger partial charge in [0.1, 0.15) is 11.5 Å². The number of ether oxygens (including phenoxy) is 3. The largest absolute Gasteiger partial charge is 0.497 e. The maximum absolute atomic E-state index is 13.4. The van der Waals surface area contributed by atoms with Gasteiger partial charge in [-0.1, -0.05) is 6.92 Å². The monoisotopic (exact) mass is 531 g/mol. The highest BCUT2D eigenvalue weighted by molar-refractivity contribution is 5.95. The molecule has 1 aromatic rings. The van der Waals surface area contributed by atoms with Gasteiger partial charge < -0.3 is 29.7 Å². The molecule has 1 aromatic carbocycles. The molecule has 210 valence electrons. The van der Waals surface area contributed by atoms with Gasteiger partial charge in [0.05, 0.1) is 32.4 Å². The molecule has 0 spiro atoms. The fourth-order valence-corrected chi connectivity index (χ4v) is 4.79. The van der Waals surface area contributed by atoms with E-state index in [1.165, 1.54) is 0 Å². The Hall–Kier alpha value is -3.47. The van der Waals surface area contributed by atoms with Crippen LogP contribution in [0.5, 0.6) is 11.5 Å². The predicted octanol–water partition coefficient (Wildman–Crippen LogP) is 2.73. The highest BCUT2D eigenvalue weighted by atomic mass is 16.5. The zero-order chi connectivity index (χ0) is 27.7. The Kier molecular flexibility index (Phi) is 10.6. The third-order valence-corrected chi connectivity index (χ3v) is 6.73. The average Bonchev–Trinajstić information content (AvgIpc) is 3.17. The topological polar surface area (TPSA) is 113 Å². The van der Waals surface area contributed by atoms with Crippen molar-refractivity contribution in [2.24, 2.45) is 0 Å². The van der Waals surface area contributed by atoms with E-state index in [4.69, 9.17) is 14.2 Å². The molecule has 1 fully saturated rings. The summed E-state index contributed by atoms with van der Waals surface area (Å²) in [5, 5.41) is 5.93. The van der Waals surface area contributed by atoms with Crippen molar-refractivity contribution in [3.8, 4) is 11.5 Å². The maximum atomic E-state index is 13.4. The number of amides is 4. The van der Waals surface area contributed by atoms with Crippen LogP contribution in [0.1, 0.15) is 45.2 Å². The quantitative estimate of drug-likeness (QED) is 0.447. The smallest absolute Gasteiger partial charge is 0.338 e. The number of esters is 1. The molecule has 2 aliphatic heterocycles. The van der Waals surface area contributed by atoms with Crippen molar-refractivity contribution >= 4 is 18.0 Å². The van der Waals surface area contributed by atoms with E-state index in [1.807, 2.05) is 18.7 Å². The lowest BCUT2D eigenvalue weighted by Gasteiger charge is -2.38. The molecule has 2 heterocycles. The molecule has 38 heavy (non-hydrogen) atoms. The molecule has 4 amide bonds. The summed E-state index contributed by atoms with van der Waals surface area (Å²) in [4.78, 5) is 44.8. The number of carbonyl (C=O) groups is 3. The fraction of sp³-hybridized carbons (Fsp3) is 0.593. The predicted molar refractivity (Wildman–Crippen MR) is 143 cm³/mol. The van der Waals surface area contributed by atoms with Crippen molar-refractivity contribution in [3.05, 3.63) is 35.0 Å². The molecule has 2 N–H and O–H groups in total. The second kappa shape index (κ2) is 13.9. The van der Waals surface area contributed by atoms with Gasteiger partial charge in [0.2, 0.25) is 0 Å². The van der Waals surface area contributed by atoms with Crippen molar-refractivity contribution in [1.29, 1.82) is 0 Å². The molecule has 0 bridgehead atoms. The van der Waals surface area contributed by atoms with Crippen LogP contribution in [0.3, 0.4) is 0 Å². The van der Waals surface area contributed by atoms with Gasteiger partial charge in [-0.25, -0.2) is 14.4 Å². The van der Waals surface area contributed by atoms with E-state index in [9.17, 15) is 14.4 Å². The highest BCUT2D eigenvalue weighted by Gasteiger charge is 2.39. The minimum atomic E-state index is -0.744. The third-order valence-electron chi connectivity index (χ3n) is 6.73. The summed E-state index contributed by atoms with van der Waals surface area (Å²) in [6.07, 6.45) is 1.67. The number of rotatable bonds is 10. The molecule has 1 saturated heterocycles. The normalized spacial score (nSPS) is 18.6. The first-order chi connectivity index (χ1) is 18.4. The molecule has 0 saturated carbocycles. The van der Waals surface area contributed by atoms with Gasteiger partial charge in [-0.15, -0.1) is 0 Å². The van der Waals surface area contributed by atoms with Crippen LogP contribution < -0.4 is 20.1 Å². The van der Waals surface area contributed by atoms with Crippen molar-refractivity contribution in [2.45, 2.75) is 39.7 Å². The van der Waals surface area contributed by atoms with Crippen LogP contribution in [0.15, 0.2) is 29.5 Å². The van der Waals surface area contributed by atoms with E-state index in [0.29, 0.717) is 67.6 Å². The number of carbonyl (C=O) groups excluding carboxylic acids is 3. The molecule has 3 rings (SSSR count). The van der Waals surface area contributed by atoms with Crippen molar-refractivity contribution < 1.29 is 28.6 Å². The highest BCUT2D eigenvalue weighted by Crippen LogP contribution is 2.35. The zero-order valence-electron chi connectivity index (χ0n) is 23.2. The van der Waals surface area contributed by atoms with Gasteiger partial charge in [-0.3, -0.25) is 9.80 Å². The molecular formula is C27H41N5O6. The number of methoxy groups -OCH3 is 2. The van der Waals surface area contributed by atoms with E-state index < -0.39 is 12.0 Å². The number of hydrogen-bond acceptors (Lipinski definition) is 7. The number of urea groups is 2. The van der Waals surface area contributed by atoms with Crippen LogP contribution in [0.2, 0.25) is 0 Å². The Morgan fingerprint density at radius 3 is 2.34 bits per heavy atom. The number of hydrogen-bond donors (Lipinski definition) is 2. The van der Waals surface area contributed by atoms with Crippen LogP contribution in [-0.2, 0) is 9.53 Å². The summed E-state index contributed by atoms with van der Waals surface area (Å²) in [6.45, 7) is 9.83. The van der Waals surface area contributed by atoms with Gasteiger partial charge in [0.15, 0.2) is 0 Å². The summed E-state index contributed by atoms with van der Waals surface area (Å²) in [6, 6.07) is 4.21. The molecule has 1 atom stereocenters. The summed E-state index contributed by atoms with van der Waals surface area (Å²) < 4.78 is 16.4. The van der Waals surface area contributed by atoms with Gasteiger partial charge in [-0.05, 0) is 44.4 Å². The van der Waals surface area contributed by atoms with Crippen LogP contribution in [0.4, 0.5) is 9.59 Å². The standard InChI is InChI=1S/C27H41N5O6/c1-6-10-28-26(34)31-12-9-11-30(13-14-31)18-22-23(25(33)38-8-3)24(29-27(35)32(22)7-2)19-15-20(36-4)17-21(16-19)37-5/h15-17,24H,6-14,18H2,1-5H3,(H,28,34)(H,29,35)/t24-/m1/s1. The van der Waals surface area contributed by atoms with Crippen molar-refractivity contribution in [1.82, 2.24) is 25.3 Å². The van der Waals surface area contributed by atoms with Gasteiger partial charge in [0, 0.05) is 57.6 Å². The number of nitrogens with one attached hydrogen (secondary N) is 2. The van der Waals surface area contributed by atoms with E-state index in [1.54, 1.807) is 44.2 Å². The van der Waals surface area contributed by atoms with E-state index >= 15 is 0 Å². The molecule has 11 nitrogen and oxygen atoms in total. The second-order valence-electron chi connectivity index (χ2n) is 9.20. The van der Waals surface area contributed by atoms with Gasteiger partial charge in [0.25, 0.3) is 0 Å². The minimum absolute atomic E-state index is 0.0561. The molecule has 0 radical (unpaired) electrons. The molecule has 0 unspecified atom stereocenters. The Labute approximate surface area is 225 Å². The minimum Gasteiger partial charge on any atom is -0.497 e. The molecule has 0 aromatic heterocycles. The van der Waals surface area contributed by atoms with E-state index in [-0.39, 0.29) is 18.7 Å². The molecule has 0 aliphatic carbocycles. The Bertz CT molecular complexity index is 1010. The molecular weight excluding hydrogens is 490 g/mol. The first-order valence-corrected chi connectivity index (χ1v) is 13.3. The Balaban J connectivity index is 1.99. The van der Waals surface area contributed by atoms with Gasteiger partial charge in [-0.2, -0.15) is 0 Å². The SMILES string of the molecule is CCCNC(=O)N1CCCN(CC2=C(C(=O)OCC)[C@@H](c3cc(OC)cc(OC)c3)NC(=O)N2CC)CC1. The average molecular weight is 532 g/mol. The van der Waals surface area contributed by atoms with Crippen LogP contribution in [0, 0.1) is 0 Å². The van der Waals surface area contributed by atoms with Crippen LogP contribution in [0.25, 0.3) is 0 Å².